The summed E-state index contributed by atoms with van der Waals surface area (Å²) in [5.41, 5.74) is 1.50. The normalized spacial score (nSPS) is 10.7. The van der Waals surface area contributed by atoms with Gasteiger partial charge in [0.05, 0.1) is 5.56 Å². The number of carboxylic acid groups (broad SMARTS) is 1. The molecule has 0 aliphatic carbocycles. The van der Waals surface area contributed by atoms with Gasteiger partial charge >= 0.3 is 5.97 Å². The summed E-state index contributed by atoms with van der Waals surface area (Å²) in [5, 5.41) is 15.1. The third-order valence-corrected chi connectivity index (χ3v) is 3.28. The van der Waals surface area contributed by atoms with Crippen molar-refractivity contribution in [3.8, 4) is 0 Å². The number of aromatic carboxylic acids is 1. The number of fused-ring (bicyclic) bond motifs is 1. The van der Waals surface area contributed by atoms with E-state index >= 15 is 0 Å². The summed E-state index contributed by atoms with van der Waals surface area (Å²) >= 11 is 1.64. The Morgan fingerprint density at radius 1 is 1.53 bits per heavy atom. The molecule has 0 atom stereocenters. The van der Waals surface area contributed by atoms with Crippen molar-refractivity contribution in [1.29, 1.82) is 0 Å². The maximum absolute atomic E-state index is 10.8. The highest BCUT2D eigenvalue weighted by atomic mass is 32.1. The van der Waals surface area contributed by atoms with Gasteiger partial charge in [0, 0.05) is 11.2 Å². The SMILES string of the molecule is CNCc1csc2ccc(C(=O)O)cc12. The predicted molar refractivity (Wildman–Crippen MR) is 61.5 cm³/mol. The van der Waals surface area contributed by atoms with Crippen LogP contribution in [0.15, 0.2) is 23.6 Å². The van der Waals surface area contributed by atoms with Crippen LogP contribution in [-0.2, 0) is 6.54 Å². The lowest BCUT2D eigenvalue weighted by atomic mass is 10.1. The molecule has 2 rings (SSSR count). The van der Waals surface area contributed by atoms with Gasteiger partial charge in [0.25, 0.3) is 0 Å². The van der Waals surface area contributed by atoms with Gasteiger partial charge in [-0.3, -0.25) is 0 Å². The second-order valence-electron chi connectivity index (χ2n) is 3.31. The van der Waals surface area contributed by atoms with E-state index in [1.807, 2.05) is 13.1 Å². The first-order chi connectivity index (χ1) is 7.22. The number of hydrogen-bond donors (Lipinski definition) is 2. The third-order valence-electron chi connectivity index (χ3n) is 2.27. The number of nitrogens with one attached hydrogen (secondary N) is 1. The van der Waals surface area contributed by atoms with Crippen molar-refractivity contribution in [2.45, 2.75) is 6.54 Å². The number of rotatable bonds is 3. The summed E-state index contributed by atoms with van der Waals surface area (Å²) in [5.74, 6) is -0.876. The molecule has 1 aromatic heterocycles. The van der Waals surface area contributed by atoms with E-state index in [2.05, 4.69) is 10.7 Å². The zero-order chi connectivity index (χ0) is 10.8. The fraction of sp³-hybridized carbons (Fsp3) is 0.182. The lowest BCUT2D eigenvalue weighted by Crippen LogP contribution is -2.04. The van der Waals surface area contributed by atoms with Crippen LogP contribution in [0.4, 0.5) is 0 Å². The van der Waals surface area contributed by atoms with Crippen LogP contribution >= 0.6 is 11.3 Å². The Labute approximate surface area is 91.4 Å². The number of carboxylic acids is 1. The maximum atomic E-state index is 10.8. The van der Waals surface area contributed by atoms with E-state index in [9.17, 15) is 4.79 Å². The van der Waals surface area contributed by atoms with E-state index in [-0.39, 0.29) is 0 Å². The average Bonchev–Trinajstić information content (AvgIpc) is 2.61. The minimum Gasteiger partial charge on any atom is -0.478 e. The standard InChI is InChI=1S/C11H11NO2S/c1-12-5-8-6-15-10-3-2-7(11(13)14)4-9(8)10/h2-4,6,12H,5H2,1H3,(H,13,14). The Morgan fingerprint density at radius 2 is 2.33 bits per heavy atom. The monoisotopic (exact) mass is 221 g/mol. The molecule has 0 fully saturated rings. The Morgan fingerprint density at radius 3 is 3.00 bits per heavy atom. The molecule has 15 heavy (non-hydrogen) atoms. The summed E-state index contributed by atoms with van der Waals surface area (Å²) in [6.45, 7) is 0.767. The Kier molecular flexibility index (Phi) is 2.70. The van der Waals surface area contributed by atoms with E-state index in [1.54, 1.807) is 23.5 Å². The highest BCUT2D eigenvalue weighted by Crippen LogP contribution is 2.26. The summed E-state index contributed by atoms with van der Waals surface area (Å²) < 4.78 is 1.13. The summed E-state index contributed by atoms with van der Waals surface area (Å²) in [6.07, 6.45) is 0. The maximum Gasteiger partial charge on any atom is 0.335 e. The molecule has 0 saturated heterocycles. The van der Waals surface area contributed by atoms with Gasteiger partial charge in [0.15, 0.2) is 0 Å². The molecule has 2 aromatic rings. The smallest absolute Gasteiger partial charge is 0.335 e. The molecule has 0 bridgehead atoms. The Hall–Kier alpha value is -1.39. The Balaban J connectivity index is 2.56. The molecule has 78 valence electrons. The Bertz CT molecular complexity index is 504. The van der Waals surface area contributed by atoms with Crippen LogP contribution in [0.1, 0.15) is 15.9 Å². The highest BCUT2D eigenvalue weighted by Gasteiger charge is 2.07. The fourth-order valence-corrected chi connectivity index (χ4v) is 2.49. The quantitative estimate of drug-likeness (QED) is 0.836. The van der Waals surface area contributed by atoms with E-state index in [4.69, 9.17) is 5.11 Å². The van der Waals surface area contributed by atoms with Crippen molar-refractivity contribution in [3.05, 3.63) is 34.7 Å². The molecular weight excluding hydrogens is 210 g/mol. The minimum atomic E-state index is -0.876. The zero-order valence-corrected chi connectivity index (χ0v) is 9.10. The van der Waals surface area contributed by atoms with Gasteiger partial charge in [-0.25, -0.2) is 4.79 Å². The topological polar surface area (TPSA) is 49.3 Å². The molecule has 4 heteroatoms. The van der Waals surface area contributed by atoms with E-state index in [1.165, 1.54) is 0 Å². The van der Waals surface area contributed by atoms with Gasteiger partial charge in [0.2, 0.25) is 0 Å². The molecule has 0 unspecified atom stereocenters. The largest absolute Gasteiger partial charge is 0.478 e. The molecule has 1 aromatic carbocycles. The molecular formula is C11H11NO2S. The number of benzene rings is 1. The van der Waals surface area contributed by atoms with Crippen LogP contribution in [0.5, 0.6) is 0 Å². The summed E-state index contributed by atoms with van der Waals surface area (Å²) in [6, 6.07) is 5.24. The molecule has 0 aliphatic heterocycles. The van der Waals surface area contributed by atoms with Crippen LogP contribution in [0.2, 0.25) is 0 Å². The van der Waals surface area contributed by atoms with E-state index in [0.717, 1.165) is 22.2 Å². The molecule has 3 nitrogen and oxygen atoms in total. The number of hydrogen-bond acceptors (Lipinski definition) is 3. The number of carbonyl (C=O) groups is 1. The first-order valence-corrected chi connectivity index (χ1v) is 5.48. The molecule has 1 heterocycles. The van der Waals surface area contributed by atoms with Crippen LogP contribution in [0.25, 0.3) is 10.1 Å². The first-order valence-electron chi connectivity index (χ1n) is 4.60. The van der Waals surface area contributed by atoms with Crippen molar-refractivity contribution in [2.75, 3.05) is 7.05 Å². The van der Waals surface area contributed by atoms with Crippen LogP contribution in [0.3, 0.4) is 0 Å². The van der Waals surface area contributed by atoms with Crippen molar-refractivity contribution < 1.29 is 9.90 Å². The third kappa shape index (κ3) is 1.86. The van der Waals surface area contributed by atoms with Crippen LogP contribution in [-0.4, -0.2) is 18.1 Å². The van der Waals surface area contributed by atoms with Crippen molar-refractivity contribution >= 4 is 27.4 Å². The fourth-order valence-electron chi connectivity index (χ4n) is 1.54. The highest BCUT2D eigenvalue weighted by molar-refractivity contribution is 7.17. The molecule has 0 radical (unpaired) electrons. The minimum absolute atomic E-state index is 0.346. The van der Waals surface area contributed by atoms with Gasteiger partial charge < -0.3 is 10.4 Å². The summed E-state index contributed by atoms with van der Waals surface area (Å²) in [4.78, 5) is 10.8. The lowest BCUT2D eigenvalue weighted by Gasteiger charge is -1.99. The summed E-state index contributed by atoms with van der Waals surface area (Å²) in [7, 11) is 1.88. The number of thiophene rings is 1. The van der Waals surface area contributed by atoms with Crippen LogP contribution in [0, 0.1) is 0 Å². The van der Waals surface area contributed by atoms with Gasteiger partial charge in [-0.15, -0.1) is 11.3 Å². The zero-order valence-electron chi connectivity index (χ0n) is 8.28. The lowest BCUT2D eigenvalue weighted by molar-refractivity contribution is 0.0697. The predicted octanol–water partition coefficient (Wildman–Crippen LogP) is 2.32. The van der Waals surface area contributed by atoms with Crippen molar-refractivity contribution in [2.24, 2.45) is 0 Å². The van der Waals surface area contributed by atoms with E-state index < -0.39 is 5.97 Å². The van der Waals surface area contributed by atoms with E-state index in [0.29, 0.717) is 5.56 Å². The molecule has 2 N–H and O–H groups in total. The molecule has 0 saturated carbocycles. The van der Waals surface area contributed by atoms with Crippen molar-refractivity contribution in [3.63, 3.8) is 0 Å². The first kappa shape index (κ1) is 10.1. The van der Waals surface area contributed by atoms with Gasteiger partial charge in [-0.2, -0.15) is 0 Å². The van der Waals surface area contributed by atoms with Gasteiger partial charge in [-0.05, 0) is 41.6 Å². The molecule has 0 aliphatic rings. The second kappa shape index (κ2) is 4.00. The second-order valence-corrected chi connectivity index (χ2v) is 4.22. The van der Waals surface area contributed by atoms with Crippen molar-refractivity contribution in [1.82, 2.24) is 5.32 Å². The van der Waals surface area contributed by atoms with Crippen LogP contribution < -0.4 is 5.32 Å². The van der Waals surface area contributed by atoms with Gasteiger partial charge in [0.1, 0.15) is 0 Å². The van der Waals surface area contributed by atoms with Gasteiger partial charge in [-0.1, -0.05) is 0 Å². The molecule has 0 spiro atoms. The molecule has 0 amide bonds. The average molecular weight is 221 g/mol.